The Bertz CT molecular complexity index is 1570. The molecule has 0 amide bonds. The van der Waals surface area contributed by atoms with E-state index >= 15 is 0 Å². The molecule has 1 aliphatic heterocycles. The monoisotopic (exact) mass is 552 g/mol. The zero-order valence-electron chi connectivity index (χ0n) is 24.3. The first-order valence-corrected chi connectivity index (χ1v) is 15.5. The average Bonchev–Trinajstić information content (AvgIpc) is 3.41. The summed E-state index contributed by atoms with van der Waals surface area (Å²) in [6.45, 7) is 12.5. The molecule has 0 spiro atoms. The maximum absolute atomic E-state index is 5.92. The zero-order valence-corrected chi connectivity index (χ0v) is 25.1. The van der Waals surface area contributed by atoms with Crippen LogP contribution in [0.5, 0.6) is 0 Å². The van der Waals surface area contributed by atoms with Crippen molar-refractivity contribution in [2.24, 2.45) is 10.6 Å². The Hall–Kier alpha value is -3.19. The summed E-state index contributed by atoms with van der Waals surface area (Å²) in [5, 5.41) is 11.6. The van der Waals surface area contributed by atoms with Crippen molar-refractivity contribution in [3.05, 3.63) is 84.8 Å². The Morgan fingerprint density at radius 2 is 1.62 bits per heavy atom. The molecule has 1 aliphatic rings. The van der Waals surface area contributed by atoms with Crippen molar-refractivity contribution in [2.45, 2.75) is 58.3 Å². The predicted molar refractivity (Wildman–Crippen MR) is 169 cm³/mol. The number of rotatable bonds is 7. The highest BCUT2D eigenvalue weighted by molar-refractivity contribution is 7.97. The van der Waals surface area contributed by atoms with E-state index in [-0.39, 0.29) is 5.41 Å². The summed E-state index contributed by atoms with van der Waals surface area (Å²) in [7, 11) is 0. The van der Waals surface area contributed by atoms with Crippen molar-refractivity contribution in [3.63, 3.8) is 0 Å². The molecule has 208 valence electrons. The Kier molecular flexibility index (Phi) is 8.89. The summed E-state index contributed by atoms with van der Waals surface area (Å²) in [6, 6.07) is 21.7. The summed E-state index contributed by atoms with van der Waals surface area (Å²) >= 11 is 1.29. The molecular weight excluding hydrogens is 510 g/mol. The second kappa shape index (κ2) is 12.5. The van der Waals surface area contributed by atoms with Gasteiger partial charge in [-0.25, -0.2) is 5.10 Å². The number of hydrogen-bond acceptors (Lipinski definition) is 4. The maximum Gasteiger partial charge on any atom is 0.355 e. The van der Waals surface area contributed by atoms with E-state index in [0.717, 1.165) is 39.0 Å². The molecule has 0 saturated carbocycles. The molecule has 2 aromatic heterocycles. The van der Waals surface area contributed by atoms with Gasteiger partial charge in [0.15, 0.2) is 6.20 Å². The Balaban J connectivity index is 0.00000158. The molecule has 5 aromatic rings. The van der Waals surface area contributed by atoms with Crippen molar-refractivity contribution < 1.29 is 4.52 Å². The van der Waals surface area contributed by atoms with Crippen molar-refractivity contribution in [1.82, 2.24) is 15.0 Å². The Morgan fingerprint density at radius 3 is 2.35 bits per heavy atom. The quantitative estimate of drug-likeness (QED) is 0.161. The van der Waals surface area contributed by atoms with Crippen LogP contribution in [0.1, 0.15) is 52.5 Å². The normalized spacial score (nSPS) is 14.3. The van der Waals surface area contributed by atoms with Crippen molar-refractivity contribution in [3.8, 4) is 22.3 Å². The number of aromatic amines is 1. The average molecular weight is 553 g/mol. The molecule has 3 N–H and O–H groups in total. The number of benzene rings is 3. The van der Waals surface area contributed by atoms with Gasteiger partial charge in [0.1, 0.15) is 6.20 Å². The molecule has 0 radical (unpaired) electrons. The third kappa shape index (κ3) is 6.09. The fourth-order valence-corrected chi connectivity index (χ4v) is 6.48. The lowest BCUT2D eigenvalue weighted by atomic mass is 9.84. The van der Waals surface area contributed by atoms with E-state index < -0.39 is 0 Å². The fourth-order valence-electron chi connectivity index (χ4n) is 6.03. The summed E-state index contributed by atoms with van der Waals surface area (Å²) in [5.41, 5.74) is 7.06. The molecule has 1 fully saturated rings. The molecule has 6 heteroatoms. The van der Waals surface area contributed by atoms with Crippen molar-refractivity contribution in [1.29, 1.82) is 0 Å². The standard InChI is InChI=1S/C32H35N5S.C2H6/c1-32(2,22-36-16-6-3-7-17-36)18-23-10-12-24(13-11-23)25-19-34-31-29(20-35-37(31)21-25)27-14-15-30(38-33)28-9-5-4-8-26(27)28;1-2/h4-5,8-15,19-21H,3,6-7,16-18,22,33H2,1-2H3;1-2H3/p+1. The van der Waals surface area contributed by atoms with Crippen LogP contribution in [-0.2, 0) is 6.42 Å². The lowest BCUT2D eigenvalue weighted by Crippen LogP contribution is -2.38. The van der Waals surface area contributed by atoms with Gasteiger partial charge in [-0.1, -0.05) is 88.7 Å². The van der Waals surface area contributed by atoms with E-state index in [9.17, 15) is 0 Å². The number of piperidine rings is 1. The van der Waals surface area contributed by atoms with Crippen LogP contribution in [0, 0.1) is 5.41 Å². The van der Waals surface area contributed by atoms with Gasteiger partial charge >= 0.3 is 5.65 Å². The fraction of sp³-hybridized carbons (Fsp3) is 0.353. The molecule has 6 rings (SSSR count). The molecule has 0 aliphatic carbocycles. The second-order valence-electron chi connectivity index (χ2n) is 11.4. The number of aromatic nitrogens is 3. The van der Waals surface area contributed by atoms with Gasteiger partial charge in [0.25, 0.3) is 0 Å². The third-order valence-corrected chi connectivity index (χ3v) is 8.39. The van der Waals surface area contributed by atoms with Crippen molar-refractivity contribution in [2.75, 3.05) is 19.6 Å². The molecule has 0 bridgehead atoms. The van der Waals surface area contributed by atoms with Crippen molar-refractivity contribution >= 4 is 28.4 Å². The summed E-state index contributed by atoms with van der Waals surface area (Å²) < 4.78 is 2.01. The SMILES string of the molecule is CC.CC(C)(Cc1ccc(-c2cnc3c(-c4ccc(SN)c5ccccc45)c[nH][n+]3c2)cc1)CN1CCCCC1. The first-order valence-electron chi connectivity index (χ1n) is 14.6. The zero-order chi connectivity index (χ0) is 28.1. The van der Waals surface area contributed by atoms with Gasteiger partial charge in [0.2, 0.25) is 0 Å². The third-order valence-electron chi connectivity index (χ3n) is 7.78. The molecule has 5 nitrogen and oxygen atoms in total. The number of hydrogen-bond donors (Lipinski definition) is 2. The van der Waals surface area contributed by atoms with E-state index in [4.69, 9.17) is 10.1 Å². The molecule has 1 saturated heterocycles. The van der Waals surface area contributed by atoms with Gasteiger partial charge in [-0.15, -0.1) is 4.52 Å². The number of H-pyrrole nitrogens is 1. The Morgan fingerprint density at radius 1 is 0.900 bits per heavy atom. The first-order chi connectivity index (χ1) is 19.5. The van der Waals surface area contributed by atoms with E-state index in [1.807, 2.05) is 30.8 Å². The minimum absolute atomic E-state index is 0.265. The number of fused-ring (bicyclic) bond motifs is 2. The minimum atomic E-state index is 0.265. The molecule has 40 heavy (non-hydrogen) atoms. The Labute approximate surface area is 242 Å². The topological polar surface area (TPSA) is 62.0 Å². The number of nitrogens with zero attached hydrogens (tertiary/aromatic N) is 3. The van der Waals surface area contributed by atoms with E-state index in [2.05, 4.69) is 90.7 Å². The van der Waals surface area contributed by atoms with Crippen LogP contribution in [0.4, 0.5) is 0 Å². The summed E-state index contributed by atoms with van der Waals surface area (Å²) in [6.07, 6.45) is 11.3. The van der Waals surface area contributed by atoms with Crippen LogP contribution in [-0.4, -0.2) is 34.6 Å². The van der Waals surface area contributed by atoms with E-state index in [1.54, 1.807) is 0 Å². The van der Waals surface area contributed by atoms with Gasteiger partial charge in [0.05, 0.1) is 17.3 Å². The van der Waals surface area contributed by atoms with Crippen LogP contribution >= 0.6 is 11.9 Å². The largest absolute Gasteiger partial charge is 0.355 e. The van der Waals surface area contributed by atoms with Gasteiger partial charge in [-0.3, -0.25) is 5.14 Å². The van der Waals surface area contributed by atoms with Crippen LogP contribution < -0.4 is 9.65 Å². The first kappa shape index (κ1) is 28.3. The van der Waals surface area contributed by atoms with Crippen LogP contribution in [0.25, 0.3) is 38.7 Å². The van der Waals surface area contributed by atoms with Crippen LogP contribution in [0.15, 0.2) is 84.1 Å². The van der Waals surface area contributed by atoms with Crippen LogP contribution in [0.2, 0.25) is 0 Å². The lowest BCUT2D eigenvalue weighted by Gasteiger charge is -2.35. The number of nitrogens with one attached hydrogen (secondary N) is 1. The highest BCUT2D eigenvalue weighted by atomic mass is 32.2. The lowest BCUT2D eigenvalue weighted by molar-refractivity contribution is -0.578. The molecule has 0 unspecified atom stereocenters. The smallest absolute Gasteiger partial charge is 0.303 e. The molecule has 3 aromatic carbocycles. The summed E-state index contributed by atoms with van der Waals surface area (Å²) in [4.78, 5) is 8.61. The van der Waals surface area contributed by atoms with Crippen LogP contribution in [0.3, 0.4) is 0 Å². The van der Waals surface area contributed by atoms with Gasteiger partial charge in [0, 0.05) is 11.4 Å². The second-order valence-corrected chi connectivity index (χ2v) is 12.0. The van der Waals surface area contributed by atoms with Gasteiger partial charge < -0.3 is 4.90 Å². The highest BCUT2D eigenvalue weighted by Crippen LogP contribution is 2.34. The minimum Gasteiger partial charge on any atom is -0.303 e. The molecular formula is C34H42N5S+. The van der Waals surface area contributed by atoms with E-state index in [1.165, 1.54) is 67.4 Å². The number of nitrogens with two attached hydrogens (primary N) is 1. The summed E-state index contributed by atoms with van der Waals surface area (Å²) in [5.74, 6) is 0. The van der Waals surface area contributed by atoms with Gasteiger partial charge in [-0.05, 0) is 88.2 Å². The van der Waals surface area contributed by atoms with E-state index in [0.29, 0.717) is 0 Å². The number of likely N-dealkylation sites (tertiary alicyclic amines) is 1. The predicted octanol–water partition coefficient (Wildman–Crippen LogP) is 7.68. The molecule has 0 atom stereocenters. The highest BCUT2D eigenvalue weighted by Gasteiger charge is 2.24. The maximum atomic E-state index is 5.92. The molecule has 3 heterocycles. The van der Waals surface area contributed by atoms with Gasteiger partial charge in [-0.2, -0.15) is 0 Å².